The minimum Gasteiger partial charge on any atom is -0.469 e. The lowest BCUT2D eigenvalue weighted by Gasteiger charge is -2.08. The van der Waals surface area contributed by atoms with Gasteiger partial charge in [0, 0.05) is 19.4 Å². The van der Waals surface area contributed by atoms with Gasteiger partial charge < -0.3 is 9.73 Å². The van der Waals surface area contributed by atoms with Crippen molar-refractivity contribution < 1.29 is 22.4 Å². The summed E-state index contributed by atoms with van der Waals surface area (Å²) in [6.07, 6.45) is -1.43. The summed E-state index contributed by atoms with van der Waals surface area (Å²) in [6.45, 7) is 0.391. The maximum absolute atomic E-state index is 12.4. The quantitative estimate of drug-likeness (QED) is 0.886. The van der Waals surface area contributed by atoms with Gasteiger partial charge in [-0.25, -0.2) is 0 Å². The standard InChI is InChI=1S/C16H16F3NO2/c17-16(18,19)13-5-3-12(4-6-13)9-10-20-15(21)8-7-14-2-1-11-22-14/h1-6,11H,7-10H2,(H,20,21). The monoisotopic (exact) mass is 311 g/mol. The molecule has 2 aromatic rings. The first-order valence-corrected chi connectivity index (χ1v) is 6.90. The van der Waals surface area contributed by atoms with Gasteiger partial charge in [-0.05, 0) is 36.2 Å². The highest BCUT2D eigenvalue weighted by molar-refractivity contribution is 5.76. The Balaban J connectivity index is 1.70. The van der Waals surface area contributed by atoms with E-state index in [-0.39, 0.29) is 5.91 Å². The fourth-order valence-corrected chi connectivity index (χ4v) is 1.99. The third kappa shape index (κ3) is 4.95. The van der Waals surface area contributed by atoms with E-state index in [1.54, 1.807) is 18.4 Å². The zero-order chi connectivity index (χ0) is 16.0. The first-order chi connectivity index (χ1) is 10.4. The summed E-state index contributed by atoms with van der Waals surface area (Å²) in [4.78, 5) is 11.6. The van der Waals surface area contributed by atoms with Crippen LogP contribution in [0.5, 0.6) is 0 Å². The Morgan fingerprint density at radius 3 is 2.41 bits per heavy atom. The van der Waals surface area contributed by atoms with Crippen molar-refractivity contribution in [3.8, 4) is 0 Å². The van der Waals surface area contributed by atoms with Crippen molar-refractivity contribution >= 4 is 5.91 Å². The Hall–Kier alpha value is -2.24. The molecule has 0 aliphatic carbocycles. The summed E-state index contributed by atoms with van der Waals surface area (Å²) >= 11 is 0. The van der Waals surface area contributed by atoms with Crippen LogP contribution in [0, 0.1) is 0 Å². The third-order valence-corrected chi connectivity index (χ3v) is 3.20. The van der Waals surface area contributed by atoms with E-state index in [1.807, 2.05) is 0 Å². The van der Waals surface area contributed by atoms with E-state index in [4.69, 9.17) is 4.42 Å². The number of aryl methyl sites for hydroxylation is 1. The van der Waals surface area contributed by atoms with Crippen LogP contribution in [0.3, 0.4) is 0 Å². The molecule has 1 aromatic carbocycles. The van der Waals surface area contributed by atoms with Crippen LogP contribution in [0.25, 0.3) is 0 Å². The van der Waals surface area contributed by atoms with Crippen molar-refractivity contribution in [1.82, 2.24) is 5.32 Å². The predicted octanol–water partition coefficient (Wildman–Crippen LogP) is 3.59. The molecule has 0 saturated carbocycles. The van der Waals surface area contributed by atoms with Crippen LogP contribution < -0.4 is 5.32 Å². The second kappa shape index (κ2) is 7.15. The van der Waals surface area contributed by atoms with Gasteiger partial charge in [-0.2, -0.15) is 13.2 Å². The number of carbonyl (C=O) groups is 1. The minimum atomic E-state index is -4.32. The number of rotatable bonds is 6. The summed E-state index contributed by atoms with van der Waals surface area (Å²) in [7, 11) is 0. The Bertz CT molecular complexity index is 589. The van der Waals surface area contributed by atoms with Gasteiger partial charge in [0.05, 0.1) is 11.8 Å². The molecule has 22 heavy (non-hydrogen) atoms. The van der Waals surface area contributed by atoms with E-state index in [0.29, 0.717) is 25.8 Å². The summed E-state index contributed by atoms with van der Waals surface area (Å²) in [5.41, 5.74) is 0.0815. The Morgan fingerprint density at radius 2 is 1.82 bits per heavy atom. The molecule has 3 nitrogen and oxygen atoms in total. The number of benzene rings is 1. The van der Waals surface area contributed by atoms with E-state index in [0.717, 1.165) is 23.5 Å². The molecule has 2 rings (SSSR count). The molecule has 0 spiro atoms. The van der Waals surface area contributed by atoms with Gasteiger partial charge in [0.1, 0.15) is 5.76 Å². The summed E-state index contributed by atoms with van der Waals surface area (Å²) in [5, 5.41) is 2.74. The maximum atomic E-state index is 12.4. The largest absolute Gasteiger partial charge is 0.469 e. The summed E-state index contributed by atoms with van der Waals surface area (Å²) in [5.74, 6) is 0.640. The van der Waals surface area contributed by atoms with Crippen molar-refractivity contribution in [2.45, 2.75) is 25.4 Å². The number of furan rings is 1. The number of nitrogens with one attached hydrogen (secondary N) is 1. The van der Waals surface area contributed by atoms with Gasteiger partial charge in [-0.3, -0.25) is 4.79 Å². The second-order valence-electron chi connectivity index (χ2n) is 4.87. The van der Waals surface area contributed by atoms with Gasteiger partial charge in [0.25, 0.3) is 0 Å². The van der Waals surface area contributed by atoms with Gasteiger partial charge in [0.2, 0.25) is 5.91 Å². The highest BCUT2D eigenvalue weighted by Crippen LogP contribution is 2.29. The molecule has 6 heteroatoms. The van der Waals surface area contributed by atoms with Crippen LogP contribution in [0.4, 0.5) is 13.2 Å². The molecule has 0 saturated heterocycles. The number of hydrogen-bond donors (Lipinski definition) is 1. The zero-order valence-corrected chi connectivity index (χ0v) is 11.8. The van der Waals surface area contributed by atoms with Crippen molar-refractivity contribution in [1.29, 1.82) is 0 Å². The van der Waals surface area contributed by atoms with Gasteiger partial charge in [0.15, 0.2) is 0 Å². The molecule has 118 valence electrons. The number of hydrogen-bond acceptors (Lipinski definition) is 2. The average molecular weight is 311 g/mol. The van der Waals surface area contributed by atoms with Crippen molar-refractivity contribution in [3.63, 3.8) is 0 Å². The number of halogens is 3. The Labute approximate surface area is 126 Å². The molecular weight excluding hydrogens is 295 g/mol. The maximum Gasteiger partial charge on any atom is 0.416 e. The van der Waals surface area contributed by atoms with Crippen LogP contribution in [0.1, 0.15) is 23.3 Å². The topological polar surface area (TPSA) is 42.2 Å². The molecule has 0 atom stereocenters. The van der Waals surface area contributed by atoms with E-state index in [2.05, 4.69) is 5.32 Å². The SMILES string of the molecule is O=C(CCc1ccco1)NCCc1ccc(C(F)(F)F)cc1. The smallest absolute Gasteiger partial charge is 0.416 e. The molecule has 0 bridgehead atoms. The summed E-state index contributed by atoms with van der Waals surface area (Å²) in [6, 6.07) is 8.52. The first-order valence-electron chi connectivity index (χ1n) is 6.90. The molecule has 1 aromatic heterocycles. The fraction of sp³-hybridized carbons (Fsp3) is 0.312. The molecule has 0 aliphatic rings. The van der Waals surface area contributed by atoms with Crippen LogP contribution in [-0.2, 0) is 23.8 Å². The predicted molar refractivity (Wildman–Crippen MR) is 75.2 cm³/mol. The lowest BCUT2D eigenvalue weighted by Crippen LogP contribution is -2.25. The van der Waals surface area contributed by atoms with E-state index in [1.165, 1.54) is 12.1 Å². The Morgan fingerprint density at radius 1 is 1.09 bits per heavy atom. The van der Waals surface area contributed by atoms with Gasteiger partial charge in [-0.15, -0.1) is 0 Å². The number of carbonyl (C=O) groups excluding carboxylic acids is 1. The lowest BCUT2D eigenvalue weighted by atomic mass is 10.1. The number of amides is 1. The first kappa shape index (κ1) is 16.1. The molecule has 0 unspecified atom stereocenters. The van der Waals surface area contributed by atoms with Crippen LogP contribution in [-0.4, -0.2) is 12.5 Å². The van der Waals surface area contributed by atoms with E-state index in [9.17, 15) is 18.0 Å². The summed E-state index contributed by atoms with van der Waals surface area (Å²) < 4.78 is 42.4. The van der Waals surface area contributed by atoms with Gasteiger partial charge in [-0.1, -0.05) is 12.1 Å². The average Bonchev–Trinajstić information content (AvgIpc) is 2.98. The molecule has 0 radical (unpaired) electrons. The normalized spacial score (nSPS) is 11.4. The van der Waals surface area contributed by atoms with E-state index < -0.39 is 11.7 Å². The van der Waals surface area contributed by atoms with Crippen LogP contribution in [0.2, 0.25) is 0 Å². The van der Waals surface area contributed by atoms with E-state index >= 15 is 0 Å². The molecule has 0 aliphatic heterocycles. The van der Waals surface area contributed by atoms with Crippen molar-refractivity contribution in [3.05, 3.63) is 59.5 Å². The second-order valence-corrected chi connectivity index (χ2v) is 4.87. The fourth-order valence-electron chi connectivity index (χ4n) is 1.99. The highest BCUT2D eigenvalue weighted by atomic mass is 19.4. The molecule has 0 fully saturated rings. The van der Waals surface area contributed by atoms with Crippen molar-refractivity contribution in [2.24, 2.45) is 0 Å². The van der Waals surface area contributed by atoms with Gasteiger partial charge >= 0.3 is 6.18 Å². The highest BCUT2D eigenvalue weighted by Gasteiger charge is 2.29. The molecule has 1 heterocycles. The molecule has 1 amide bonds. The van der Waals surface area contributed by atoms with Crippen LogP contribution in [0.15, 0.2) is 47.1 Å². The minimum absolute atomic E-state index is 0.108. The molecule has 1 N–H and O–H groups in total. The third-order valence-electron chi connectivity index (χ3n) is 3.20. The number of alkyl halides is 3. The lowest BCUT2D eigenvalue weighted by molar-refractivity contribution is -0.137. The van der Waals surface area contributed by atoms with Crippen LogP contribution >= 0.6 is 0 Å². The molecular formula is C16H16F3NO2. The Kier molecular flexibility index (Phi) is 5.25. The van der Waals surface area contributed by atoms with Crippen molar-refractivity contribution in [2.75, 3.05) is 6.54 Å². The zero-order valence-electron chi connectivity index (χ0n) is 11.8.